The Labute approximate surface area is 783 Å². The minimum Gasteiger partial charge on any atom is -0.478 e. The third kappa shape index (κ3) is 24.1. The number of H-pyrrole nitrogens is 4. The molecule has 6 aromatic heterocycles. The topological polar surface area (TPSA) is 399 Å². The van der Waals surface area contributed by atoms with E-state index in [1.54, 1.807) is 42.9 Å². The number of amides is 3. The number of rotatable bonds is 13. The van der Waals surface area contributed by atoms with E-state index in [0.29, 0.717) is 97.6 Å². The molecule has 33 heteroatoms. The highest BCUT2D eigenvalue weighted by Gasteiger charge is 2.26. The molecular formula is C96H98BI3N12O17. The SMILES string of the molecule is Cc1cc(=O)[nH]c2c(C)cc(N)cc12.Cc1cc(=O)[nH]c2c(C)cc(NC(=O)c3cc(-c4ccoc4)ccc3N3CCOCC3)cc12.Cc1cc(=O)[nH]c2c(C)cc(NC(=O)c3cc(I)ccc3N3CCOCC3)cc12.Cc1cc(=O)[nH]c2c(C)cc(NC(=O)c3cc(I)ccc3N3CCOCC3)cc12.O=C(O)c1cc(I)ccc1N1CCOCC1.OB(O)c1ccoc1. The molecule has 4 saturated heterocycles. The molecule has 29 nitrogen and oxygen atoms in total. The van der Waals surface area contributed by atoms with Gasteiger partial charge < -0.3 is 104 Å². The number of benzene rings is 8. The van der Waals surface area contributed by atoms with E-state index in [-0.39, 0.29) is 40.0 Å². The van der Waals surface area contributed by atoms with Gasteiger partial charge in [-0.15, -0.1) is 0 Å². The number of nitrogen functional groups attached to an aromatic ring is 1. The summed E-state index contributed by atoms with van der Waals surface area (Å²) in [7, 11) is -1.41. The average Bonchev–Trinajstić information content (AvgIpc) is 1.60. The number of halogens is 3. The molecule has 4 fully saturated rings. The van der Waals surface area contributed by atoms with E-state index >= 15 is 0 Å². The number of aryl methyl sites for hydroxylation is 8. The van der Waals surface area contributed by atoms with Gasteiger partial charge in [-0.25, -0.2) is 4.79 Å². The fourth-order valence-electron chi connectivity index (χ4n) is 15.8. The van der Waals surface area contributed by atoms with Gasteiger partial charge in [0.2, 0.25) is 22.2 Å². The third-order valence-corrected chi connectivity index (χ3v) is 24.2. The first kappa shape index (κ1) is 94.7. The molecule has 0 saturated carbocycles. The van der Waals surface area contributed by atoms with Crippen molar-refractivity contribution in [1.29, 1.82) is 0 Å². The lowest BCUT2D eigenvalue weighted by Gasteiger charge is -2.30. The van der Waals surface area contributed by atoms with Gasteiger partial charge in [-0.3, -0.25) is 33.6 Å². The van der Waals surface area contributed by atoms with E-state index in [1.165, 1.54) is 18.6 Å². The van der Waals surface area contributed by atoms with E-state index in [4.69, 9.17) is 44.3 Å². The summed E-state index contributed by atoms with van der Waals surface area (Å²) in [5.41, 5.74) is 26.7. The standard InChI is InChI=1S/C26H25N3O4.2C22H22IN3O3.C11H12INO3.C11H12N2O.C4H5BO3/c1-16-12-24(30)28-25-17(2)11-20(14-21(16)25)27-26(31)22-13-18(19-5-8-33-15-19)3-4-23(22)29-6-9-32-10-7-29;2*1-13-10-20(27)25-21-14(2)9-16(12-17(13)21)24-22(28)18-11-15(23)3-4-19(18)26-5-7-29-8-6-26;12-8-1-2-10(9(7-8)11(14)15)13-3-5-16-6-4-13;1-6-4-10(14)13-11-7(2)3-8(12)5-9(6)11;6-5(7)4-1-2-8-3-4/h3-5,8,11-15H,6-7,9-10H2,1-2H3,(H,27,31)(H,28,30);2*3-4,9-12H,5-8H2,1-2H3,(H,24,28)(H,25,27);1-2,7H,3-6H2,(H,14,15);3-5H,12H2,1-2H3,(H,13,14);1-3,6-7H. The van der Waals surface area contributed by atoms with Crippen molar-refractivity contribution in [2.45, 2.75) is 55.4 Å². The van der Waals surface area contributed by atoms with Crippen LogP contribution in [0.4, 0.5) is 45.5 Å². The van der Waals surface area contributed by atoms with Crippen LogP contribution in [0.3, 0.4) is 0 Å². The van der Waals surface area contributed by atoms with Crippen molar-refractivity contribution < 1.29 is 62.1 Å². The van der Waals surface area contributed by atoms with Crippen molar-refractivity contribution in [1.82, 2.24) is 19.9 Å². The van der Waals surface area contributed by atoms with Gasteiger partial charge in [0.25, 0.3) is 17.7 Å². The monoisotopic (exact) mass is 2080 g/mol. The third-order valence-electron chi connectivity index (χ3n) is 22.2. The molecule has 10 heterocycles. The van der Waals surface area contributed by atoms with Gasteiger partial charge in [0.15, 0.2) is 0 Å². The number of nitrogens with two attached hydrogens (primary N) is 1. The Hall–Kier alpha value is -11.9. The summed E-state index contributed by atoms with van der Waals surface area (Å²) >= 11 is 6.57. The van der Waals surface area contributed by atoms with Crippen LogP contribution in [0.1, 0.15) is 85.9 Å². The predicted octanol–water partition coefficient (Wildman–Crippen LogP) is 14.7. The molecule has 12 N–H and O–H groups in total. The highest BCUT2D eigenvalue weighted by molar-refractivity contribution is 14.1. The number of carboxylic acid groups (broad SMARTS) is 1. The predicted molar refractivity (Wildman–Crippen MR) is 534 cm³/mol. The quantitative estimate of drug-likeness (QED) is 0.0290. The molecule has 0 atom stereocenters. The van der Waals surface area contributed by atoms with Crippen molar-refractivity contribution in [3.05, 3.63) is 302 Å². The maximum Gasteiger partial charge on any atom is 0.491 e. The normalized spacial score (nSPS) is 13.7. The Morgan fingerprint density at radius 3 is 0.969 bits per heavy atom. The number of carbonyl (C=O) groups excluding carboxylic acids is 3. The first-order valence-corrected chi connectivity index (χ1v) is 44.9. The number of pyridine rings is 4. The van der Waals surface area contributed by atoms with Gasteiger partial charge in [0, 0.05) is 160 Å². The molecule has 0 radical (unpaired) electrons. The number of aromatic nitrogens is 4. The van der Waals surface area contributed by atoms with Gasteiger partial charge in [0.1, 0.15) is 0 Å². The van der Waals surface area contributed by atoms with E-state index in [9.17, 15) is 38.4 Å². The number of ether oxygens (including phenoxy) is 4. The Morgan fingerprint density at radius 2 is 0.659 bits per heavy atom. The summed E-state index contributed by atoms with van der Waals surface area (Å²) in [5.74, 6) is -1.36. The van der Waals surface area contributed by atoms with Gasteiger partial charge in [-0.05, 0) is 301 Å². The summed E-state index contributed by atoms with van der Waals surface area (Å²) in [6.07, 6.45) is 5.95. The summed E-state index contributed by atoms with van der Waals surface area (Å²) in [6.45, 7) is 26.6. The zero-order valence-corrected chi connectivity index (χ0v) is 78.7. The number of carboxylic acids is 1. The number of carbonyl (C=O) groups is 4. The molecule has 129 heavy (non-hydrogen) atoms. The molecule has 3 amide bonds. The highest BCUT2D eigenvalue weighted by Crippen LogP contribution is 2.35. The second kappa shape index (κ2) is 43.4. The zero-order chi connectivity index (χ0) is 91.9. The Morgan fingerprint density at radius 1 is 0.357 bits per heavy atom. The largest absolute Gasteiger partial charge is 0.491 e. The minimum atomic E-state index is -1.41. The van der Waals surface area contributed by atoms with Gasteiger partial charge in [-0.2, -0.15) is 0 Å². The maximum absolute atomic E-state index is 13.5. The van der Waals surface area contributed by atoms with E-state index in [0.717, 1.165) is 191 Å². The summed E-state index contributed by atoms with van der Waals surface area (Å²) < 4.78 is 34.4. The molecule has 14 aromatic rings. The number of hydrogen-bond acceptors (Lipinski definition) is 21. The molecule has 8 aromatic carbocycles. The van der Waals surface area contributed by atoms with Crippen LogP contribution in [0.15, 0.2) is 211 Å². The summed E-state index contributed by atoms with van der Waals surface area (Å²) in [5, 5.41) is 38.9. The number of aromatic amines is 4. The number of nitrogens with zero attached hydrogens (tertiary/aromatic N) is 4. The lowest BCUT2D eigenvalue weighted by Crippen LogP contribution is -2.37. The summed E-state index contributed by atoms with van der Waals surface area (Å²) in [4.78, 5) is 118. The van der Waals surface area contributed by atoms with Gasteiger partial charge >= 0.3 is 13.1 Å². The van der Waals surface area contributed by atoms with Crippen LogP contribution in [0.5, 0.6) is 0 Å². The number of nitrogens with one attached hydrogen (secondary N) is 7. The van der Waals surface area contributed by atoms with Crippen LogP contribution >= 0.6 is 67.8 Å². The zero-order valence-electron chi connectivity index (χ0n) is 72.3. The van der Waals surface area contributed by atoms with Crippen molar-refractivity contribution in [3.8, 4) is 11.1 Å². The molecule has 18 rings (SSSR count). The first-order valence-electron chi connectivity index (χ1n) is 41.6. The van der Waals surface area contributed by atoms with Crippen LogP contribution < -0.4 is 69.0 Å². The number of morpholine rings is 4. The first-order chi connectivity index (χ1) is 61.9. The lowest BCUT2D eigenvalue weighted by molar-refractivity contribution is 0.0695. The van der Waals surface area contributed by atoms with Crippen LogP contribution in [0.2, 0.25) is 0 Å². The molecular weight excluding hydrogens is 1980 g/mol. The van der Waals surface area contributed by atoms with Crippen LogP contribution in [0.25, 0.3) is 54.7 Å². The van der Waals surface area contributed by atoms with Crippen LogP contribution in [-0.2, 0) is 18.9 Å². The van der Waals surface area contributed by atoms with Gasteiger partial charge in [0.05, 0.1) is 128 Å². The molecule has 0 spiro atoms. The number of hydrogen-bond donors (Lipinski definition) is 11. The summed E-state index contributed by atoms with van der Waals surface area (Å²) in [6, 6.07) is 48.0. The Bertz CT molecular complexity index is 6530. The highest BCUT2D eigenvalue weighted by atomic mass is 127. The molecule has 0 bridgehead atoms. The van der Waals surface area contributed by atoms with Crippen LogP contribution in [-0.4, -0.2) is 171 Å². The van der Waals surface area contributed by atoms with Crippen molar-refractivity contribution in [3.63, 3.8) is 0 Å². The second-order valence-corrected chi connectivity index (χ2v) is 35.1. The lowest BCUT2D eigenvalue weighted by atomic mass is 9.83. The number of fused-ring (bicyclic) bond motifs is 4. The Balaban J connectivity index is 0.000000138. The van der Waals surface area contributed by atoms with Crippen molar-refractivity contribution >= 4 is 193 Å². The fraction of sp³-hybridized carbons (Fsp3) is 0.250. The van der Waals surface area contributed by atoms with E-state index in [1.807, 2.05) is 177 Å². The van der Waals surface area contributed by atoms with Crippen molar-refractivity contribution in [2.75, 3.05) is 146 Å². The van der Waals surface area contributed by atoms with Gasteiger partial charge in [-0.1, -0.05) is 6.07 Å². The molecule has 4 aliphatic rings. The van der Waals surface area contributed by atoms with E-state index in [2.05, 4.69) is 128 Å². The molecule has 0 aliphatic carbocycles. The second-order valence-electron chi connectivity index (χ2n) is 31.4. The fourth-order valence-corrected chi connectivity index (χ4v) is 17.2. The minimum absolute atomic E-state index is 0.0668. The molecule has 0 unspecified atom stereocenters. The maximum atomic E-state index is 13.5. The Kier molecular flexibility index (Phi) is 31.9. The number of aromatic carboxylic acids is 1. The van der Waals surface area contributed by atoms with Crippen molar-refractivity contribution in [2.24, 2.45) is 0 Å². The molecule has 4 aliphatic heterocycles. The number of anilines is 8. The number of furan rings is 2. The smallest absolute Gasteiger partial charge is 0.478 e. The average molecular weight is 2080 g/mol. The van der Waals surface area contributed by atoms with E-state index < -0.39 is 13.1 Å². The molecule has 668 valence electrons. The van der Waals surface area contributed by atoms with Crippen LogP contribution in [0, 0.1) is 66.1 Å².